The Labute approximate surface area is 48.5 Å². The summed E-state index contributed by atoms with van der Waals surface area (Å²) in [5, 5.41) is 10.5. The zero-order chi connectivity index (χ0) is 5.98. The molecule has 0 aromatic rings. The summed E-state index contributed by atoms with van der Waals surface area (Å²) in [5.74, 6) is 0. The Morgan fingerprint density at radius 2 is 1.88 bits per heavy atom. The van der Waals surface area contributed by atoms with Gasteiger partial charge in [0.05, 0.1) is 0 Å². The Balaban J connectivity index is 2.28. The van der Waals surface area contributed by atoms with Crippen molar-refractivity contribution >= 4 is 0 Å². The predicted molar refractivity (Wildman–Crippen MR) is 27.8 cm³/mol. The highest BCUT2D eigenvalue weighted by molar-refractivity contribution is 4.72. The number of hydrogen-bond acceptors (Lipinski definition) is 0. The van der Waals surface area contributed by atoms with Gasteiger partial charge in [-0.25, -0.2) is 9.50 Å². The second-order valence-corrected chi connectivity index (χ2v) is 2.34. The van der Waals surface area contributed by atoms with Crippen LogP contribution in [0.15, 0.2) is 0 Å². The molecule has 1 aliphatic rings. The Morgan fingerprint density at radius 1 is 1.25 bits per heavy atom. The molecule has 1 fully saturated rings. The lowest BCUT2D eigenvalue weighted by Gasteiger charge is -2.18. The van der Waals surface area contributed by atoms with Crippen LogP contribution < -0.4 is 0 Å². The van der Waals surface area contributed by atoms with Crippen molar-refractivity contribution in [3.8, 4) is 0 Å². The molecule has 2 atom stereocenters. The van der Waals surface area contributed by atoms with Crippen molar-refractivity contribution in [1.29, 1.82) is 0 Å². The second-order valence-electron chi connectivity index (χ2n) is 2.34. The van der Waals surface area contributed by atoms with Gasteiger partial charge in [0, 0.05) is 0 Å². The average molecular weight is 117 g/mol. The van der Waals surface area contributed by atoms with E-state index in [9.17, 15) is 9.50 Å². The molecule has 2 heteroatoms. The summed E-state index contributed by atoms with van der Waals surface area (Å²) in [4.78, 5) is 0. The van der Waals surface area contributed by atoms with Crippen molar-refractivity contribution in [1.82, 2.24) is 0 Å². The normalized spacial score (nSPS) is 39.8. The molecule has 8 heavy (non-hydrogen) atoms. The van der Waals surface area contributed by atoms with Crippen LogP contribution in [0.1, 0.15) is 25.7 Å². The SMILES string of the molecule is [O]C1CCCCC1F. The summed E-state index contributed by atoms with van der Waals surface area (Å²) in [7, 11) is 0. The molecular formula is C6H10FO. The largest absolute Gasteiger partial charge is 0.244 e. The molecule has 0 heterocycles. The Bertz CT molecular complexity index is 64.9. The molecule has 0 spiro atoms. The lowest BCUT2D eigenvalue weighted by atomic mass is 9.96. The van der Waals surface area contributed by atoms with E-state index in [0.29, 0.717) is 12.8 Å². The fourth-order valence-corrected chi connectivity index (χ4v) is 1.05. The topological polar surface area (TPSA) is 19.9 Å². The zero-order valence-electron chi connectivity index (χ0n) is 4.77. The highest BCUT2D eigenvalue weighted by Gasteiger charge is 2.23. The molecule has 1 aliphatic carbocycles. The maximum atomic E-state index is 12.3. The second kappa shape index (κ2) is 2.44. The van der Waals surface area contributed by atoms with E-state index in [2.05, 4.69) is 0 Å². The maximum absolute atomic E-state index is 12.3. The van der Waals surface area contributed by atoms with Crippen LogP contribution in [0.25, 0.3) is 0 Å². The molecule has 1 saturated carbocycles. The first kappa shape index (κ1) is 6.02. The molecule has 0 bridgehead atoms. The van der Waals surface area contributed by atoms with Gasteiger partial charge in [-0.1, -0.05) is 12.8 Å². The van der Waals surface area contributed by atoms with Crippen LogP contribution in [0.5, 0.6) is 0 Å². The molecule has 1 rings (SSSR count). The monoisotopic (exact) mass is 117 g/mol. The summed E-state index contributed by atoms with van der Waals surface area (Å²) in [6.45, 7) is 0. The first-order chi connectivity index (χ1) is 3.80. The predicted octanol–water partition coefficient (Wildman–Crippen LogP) is 1.70. The molecule has 0 aliphatic heterocycles. The molecule has 2 unspecified atom stereocenters. The smallest absolute Gasteiger partial charge is 0.129 e. The molecule has 0 aromatic carbocycles. The number of alkyl halides is 1. The minimum Gasteiger partial charge on any atom is -0.244 e. The quantitative estimate of drug-likeness (QED) is 0.460. The molecule has 1 nitrogen and oxygen atoms in total. The molecule has 47 valence electrons. The van der Waals surface area contributed by atoms with Gasteiger partial charge in [-0.3, -0.25) is 0 Å². The van der Waals surface area contributed by atoms with Gasteiger partial charge in [-0.2, -0.15) is 0 Å². The van der Waals surface area contributed by atoms with Crippen LogP contribution in [0.4, 0.5) is 4.39 Å². The summed E-state index contributed by atoms with van der Waals surface area (Å²) in [6, 6.07) is 0. The van der Waals surface area contributed by atoms with Crippen LogP contribution in [0.2, 0.25) is 0 Å². The minimum absolute atomic E-state index is 0.494. The van der Waals surface area contributed by atoms with Gasteiger partial charge in [0.2, 0.25) is 0 Å². The van der Waals surface area contributed by atoms with Gasteiger partial charge >= 0.3 is 0 Å². The van der Waals surface area contributed by atoms with Crippen molar-refractivity contribution in [3.05, 3.63) is 0 Å². The molecule has 0 saturated heterocycles. The lowest BCUT2D eigenvalue weighted by molar-refractivity contribution is -0.00876. The Morgan fingerprint density at radius 3 is 2.25 bits per heavy atom. The summed E-state index contributed by atoms with van der Waals surface area (Å²) < 4.78 is 12.3. The van der Waals surface area contributed by atoms with Crippen LogP contribution >= 0.6 is 0 Å². The van der Waals surface area contributed by atoms with Crippen LogP contribution in [0, 0.1) is 0 Å². The van der Waals surface area contributed by atoms with E-state index in [0.717, 1.165) is 12.8 Å². The zero-order valence-corrected chi connectivity index (χ0v) is 4.77. The van der Waals surface area contributed by atoms with Gasteiger partial charge in [0.25, 0.3) is 0 Å². The van der Waals surface area contributed by atoms with Crippen molar-refractivity contribution in [2.45, 2.75) is 38.0 Å². The third-order valence-electron chi connectivity index (χ3n) is 1.62. The van der Waals surface area contributed by atoms with E-state index in [-0.39, 0.29) is 0 Å². The van der Waals surface area contributed by atoms with Crippen molar-refractivity contribution in [2.24, 2.45) is 0 Å². The van der Waals surface area contributed by atoms with Crippen LogP contribution in [-0.2, 0) is 5.11 Å². The molecule has 0 amide bonds. The molecule has 0 aromatic heterocycles. The number of hydrogen-bond donors (Lipinski definition) is 0. The molecule has 1 radical (unpaired) electrons. The summed E-state index contributed by atoms with van der Waals surface area (Å²) in [5.41, 5.74) is 0. The highest BCUT2D eigenvalue weighted by Crippen LogP contribution is 2.20. The van der Waals surface area contributed by atoms with E-state index in [1.165, 1.54) is 0 Å². The lowest BCUT2D eigenvalue weighted by Crippen LogP contribution is -2.23. The summed E-state index contributed by atoms with van der Waals surface area (Å²) in [6.07, 6.45) is 0.900. The maximum Gasteiger partial charge on any atom is 0.129 e. The van der Waals surface area contributed by atoms with Gasteiger partial charge in [0.1, 0.15) is 12.3 Å². The third kappa shape index (κ3) is 1.19. The van der Waals surface area contributed by atoms with E-state index in [4.69, 9.17) is 0 Å². The fourth-order valence-electron chi connectivity index (χ4n) is 1.05. The average Bonchev–Trinajstić information content (AvgIpc) is 1.77. The van der Waals surface area contributed by atoms with Gasteiger partial charge in [0.15, 0.2) is 0 Å². The van der Waals surface area contributed by atoms with E-state index >= 15 is 0 Å². The van der Waals surface area contributed by atoms with Crippen LogP contribution in [0.3, 0.4) is 0 Å². The third-order valence-corrected chi connectivity index (χ3v) is 1.62. The van der Waals surface area contributed by atoms with E-state index in [1.54, 1.807) is 0 Å². The highest BCUT2D eigenvalue weighted by atomic mass is 19.1. The number of halogens is 1. The Hall–Kier alpha value is -0.110. The van der Waals surface area contributed by atoms with Gasteiger partial charge in [-0.15, -0.1) is 0 Å². The van der Waals surface area contributed by atoms with Crippen LogP contribution in [-0.4, -0.2) is 12.3 Å². The number of rotatable bonds is 0. The van der Waals surface area contributed by atoms with Crippen molar-refractivity contribution < 1.29 is 9.50 Å². The summed E-state index contributed by atoms with van der Waals surface area (Å²) >= 11 is 0. The minimum atomic E-state index is -1.05. The molecule has 0 N–H and O–H groups in total. The first-order valence-corrected chi connectivity index (χ1v) is 3.10. The standard InChI is InChI=1S/C6H10FO/c7-5-3-1-2-4-6(5)8/h5-6H,1-4H2. The van der Waals surface area contributed by atoms with Crippen molar-refractivity contribution in [3.63, 3.8) is 0 Å². The first-order valence-electron chi connectivity index (χ1n) is 3.10. The fraction of sp³-hybridized carbons (Fsp3) is 1.00. The Kier molecular flexibility index (Phi) is 1.84. The molecular weight excluding hydrogens is 107 g/mol. The van der Waals surface area contributed by atoms with Crippen molar-refractivity contribution in [2.75, 3.05) is 0 Å². The van der Waals surface area contributed by atoms with Gasteiger partial charge in [-0.05, 0) is 12.8 Å². The van der Waals surface area contributed by atoms with E-state index < -0.39 is 12.3 Å². The van der Waals surface area contributed by atoms with E-state index in [1.807, 2.05) is 0 Å². The van der Waals surface area contributed by atoms with Gasteiger partial charge < -0.3 is 0 Å².